The highest BCUT2D eigenvalue weighted by molar-refractivity contribution is 6.15. The number of ether oxygens (including phenoxy) is 3. The second kappa shape index (κ2) is 7.87. The number of carbonyl (C=O) groups excluding carboxylic acids is 2. The lowest BCUT2D eigenvalue weighted by atomic mass is 10.0. The van der Waals surface area contributed by atoms with Crippen LogP contribution in [0.4, 0.5) is 0 Å². The molecule has 0 N–H and O–H groups in total. The number of aryl methyl sites for hydroxylation is 2. The lowest BCUT2D eigenvalue weighted by Crippen LogP contribution is -2.10. The molecule has 0 radical (unpaired) electrons. The van der Waals surface area contributed by atoms with Crippen molar-refractivity contribution in [1.29, 1.82) is 0 Å². The molecule has 0 aromatic heterocycles. The molecular formula is C25H20O5. The number of hydrogen-bond acceptors (Lipinski definition) is 5. The van der Waals surface area contributed by atoms with Gasteiger partial charge in [0.2, 0.25) is 5.78 Å². The van der Waals surface area contributed by atoms with E-state index < -0.39 is 5.97 Å². The van der Waals surface area contributed by atoms with E-state index in [1.165, 1.54) is 7.11 Å². The Morgan fingerprint density at radius 1 is 0.967 bits per heavy atom. The molecule has 0 saturated heterocycles. The summed E-state index contributed by atoms with van der Waals surface area (Å²) in [4.78, 5) is 25.4. The number of methoxy groups -OCH3 is 1. The Bertz CT molecular complexity index is 1190. The molecule has 0 atom stereocenters. The highest BCUT2D eigenvalue weighted by atomic mass is 16.5. The highest BCUT2D eigenvalue weighted by Gasteiger charge is 2.30. The molecule has 0 aliphatic carbocycles. The van der Waals surface area contributed by atoms with Crippen molar-refractivity contribution in [2.75, 3.05) is 7.11 Å². The standard InChI is InChI=1S/C25H20O5/c1-15-8-4-5-9-17(15)13-22-24(26)23-16(2)12-18(14-21(23)30-22)29-25(27)19-10-6-7-11-20(19)28-3/h4-14H,1-3H3/b22-13-. The van der Waals surface area contributed by atoms with Crippen molar-refractivity contribution in [3.8, 4) is 17.2 Å². The molecule has 0 spiro atoms. The first-order chi connectivity index (χ1) is 14.5. The zero-order chi connectivity index (χ0) is 21.3. The summed E-state index contributed by atoms with van der Waals surface area (Å²) in [5, 5.41) is 0. The first-order valence-corrected chi connectivity index (χ1v) is 9.47. The molecule has 5 heteroatoms. The lowest BCUT2D eigenvalue weighted by Gasteiger charge is -2.10. The first-order valence-electron chi connectivity index (χ1n) is 9.47. The molecule has 0 amide bonds. The van der Waals surface area contributed by atoms with Crippen molar-refractivity contribution in [3.05, 3.63) is 94.2 Å². The number of Topliss-reactive ketones (excluding diaryl/α,β-unsaturated/α-hetero) is 1. The average Bonchev–Trinajstić information content (AvgIpc) is 3.05. The largest absolute Gasteiger partial charge is 0.496 e. The monoisotopic (exact) mass is 400 g/mol. The molecule has 30 heavy (non-hydrogen) atoms. The number of para-hydroxylation sites is 1. The van der Waals surface area contributed by atoms with Crippen molar-refractivity contribution in [3.63, 3.8) is 0 Å². The van der Waals surface area contributed by atoms with Gasteiger partial charge in [-0.15, -0.1) is 0 Å². The van der Waals surface area contributed by atoms with Gasteiger partial charge in [-0.25, -0.2) is 4.79 Å². The zero-order valence-electron chi connectivity index (χ0n) is 16.9. The van der Waals surface area contributed by atoms with Crippen molar-refractivity contribution in [2.45, 2.75) is 13.8 Å². The number of benzene rings is 3. The van der Waals surface area contributed by atoms with Crippen LogP contribution in [0.3, 0.4) is 0 Å². The van der Waals surface area contributed by atoms with Crippen LogP contribution in [-0.4, -0.2) is 18.9 Å². The topological polar surface area (TPSA) is 61.8 Å². The number of ketones is 1. The van der Waals surface area contributed by atoms with Crippen LogP contribution in [0.1, 0.15) is 37.4 Å². The third-order valence-electron chi connectivity index (χ3n) is 4.96. The van der Waals surface area contributed by atoms with Gasteiger partial charge in [0.1, 0.15) is 22.8 Å². The summed E-state index contributed by atoms with van der Waals surface area (Å²) >= 11 is 0. The molecule has 0 fully saturated rings. The smallest absolute Gasteiger partial charge is 0.347 e. The van der Waals surface area contributed by atoms with Gasteiger partial charge < -0.3 is 14.2 Å². The lowest BCUT2D eigenvalue weighted by molar-refractivity contribution is 0.0731. The number of hydrogen-bond donors (Lipinski definition) is 0. The van der Waals surface area contributed by atoms with Gasteiger partial charge >= 0.3 is 5.97 Å². The average molecular weight is 400 g/mol. The molecule has 4 rings (SSSR count). The fraction of sp³-hybridized carbons (Fsp3) is 0.120. The Hall–Kier alpha value is -3.86. The maximum atomic E-state index is 12.9. The Labute approximate surface area is 174 Å². The van der Waals surface area contributed by atoms with Gasteiger partial charge in [0.25, 0.3) is 0 Å². The highest BCUT2D eigenvalue weighted by Crippen LogP contribution is 2.38. The maximum absolute atomic E-state index is 12.9. The summed E-state index contributed by atoms with van der Waals surface area (Å²) in [6, 6.07) is 17.8. The number of carbonyl (C=O) groups is 2. The van der Waals surface area contributed by atoms with Crippen LogP contribution >= 0.6 is 0 Å². The molecule has 150 valence electrons. The molecule has 3 aromatic rings. The van der Waals surface area contributed by atoms with Crippen molar-refractivity contribution in [2.24, 2.45) is 0 Å². The molecule has 1 aliphatic heterocycles. The van der Waals surface area contributed by atoms with E-state index in [2.05, 4.69) is 0 Å². The Morgan fingerprint density at radius 3 is 2.47 bits per heavy atom. The van der Waals surface area contributed by atoms with Crippen molar-refractivity contribution >= 4 is 17.8 Å². The number of allylic oxidation sites excluding steroid dienone is 1. The van der Waals surface area contributed by atoms with E-state index in [0.717, 1.165) is 11.1 Å². The minimum Gasteiger partial charge on any atom is -0.496 e. The summed E-state index contributed by atoms with van der Waals surface area (Å²) in [5.41, 5.74) is 3.42. The molecule has 0 saturated carbocycles. The van der Waals surface area contributed by atoms with Gasteiger partial charge in [0.05, 0.1) is 12.7 Å². The normalized spacial score (nSPS) is 13.7. The number of esters is 1. The van der Waals surface area contributed by atoms with E-state index in [1.54, 1.807) is 49.4 Å². The minimum absolute atomic E-state index is 0.187. The van der Waals surface area contributed by atoms with E-state index in [-0.39, 0.29) is 11.5 Å². The summed E-state index contributed by atoms with van der Waals surface area (Å²) in [6.07, 6.45) is 1.73. The second-order valence-corrected chi connectivity index (χ2v) is 7.00. The number of fused-ring (bicyclic) bond motifs is 1. The Balaban J connectivity index is 1.63. The van der Waals surface area contributed by atoms with E-state index in [1.807, 2.05) is 31.2 Å². The summed E-state index contributed by atoms with van der Waals surface area (Å²) < 4.78 is 16.6. The SMILES string of the molecule is COc1ccccc1C(=O)Oc1cc(C)c2c(c1)O/C(=C\c1ccccc1C)C2=O. The van der Waals surface area contributed by atoms with Crippen LogP contribution in [-0.2, 0) is 0 Å². The van der Waals surface area contributed by atoms with Crippen molar-refractivity contribution in [1.82, 2.24) is 0 Å². The molecule has 3 aromatic carbocycles. The van der Waals surface area contributed by atoms with Gasteiger partial charge in [0, 0.05) is 6.07 Å². The number of rotatable bonds is 4. The molecule has 1 heterocycles. The van der Waals surface area contributed by atoms with E-state index in [4.69, 9.17) is 14.2 Å². The first kappa shape index (κ1) is 19.5. The third-order valence-corrected chi connectivity index (χ3v) is 4.96. The van der Waals surface area contributed by atoms with E-state index in [0.29, 0.717) is 33.9 Å². The van der Waals surface area contributed by atoms with Gasteiger partial charge in [-0.2, -0.15) is 0 Å². The quantitative estimate of drug-likeness (QED) is 0.344. The molecule has 5 nitrogen and oxygen atoms in total. The fourth-order valence-corrected chi connectivity index (χ4v) is 3.40. The van der Waals surface area contributed by atoms with Crippen LogP contribution in [0.25, 0.3) is 6.08 Å². The second-order valence-electron chi connectivity index (χ2n) is 7.00. The van der Waals surface area contributed by atoms with E-state index in [9.17, 15) is 9.59 Å². The molecule has 1 aliphatic rings. The Morgan fingerprint density at radius 2 is 1.70 bits per heavy atom. The molecule has 0 unspecified atom stereocenters. The zero-order valence-corrected chi connectivity index (χ0v) is 16.9. The molecular weight excluding hydrogens is 380 g/mol. The van der Waals surface area contributed by atoms with Crippen LogP contribution in [0, 0.1) is 13.8 Å². The van der Waals surface area contributed by atoms with Gasteiger partial charge in [-0.3, -0.25) is 4.79 Å². The maximum Gasteiger partial charge on any atom is 0.347 e. The van der Waals surface area contributed by atoms with Crippen LogP contribution in [0.2, 0.25) is 0 Å². The third kappa shape index (κ3) is 3.57. The summed E-state index contributed by atoms with van der Waals surface area (Å²) in [5.74, 6) is 0.612. The summed E-state index contributed by atoms with van der Waals surface area (Å²) in [7, 11) is 1.49. The van der Waals surface area contributed by atoms with E-state index >= 15 is 0 Å². The van der Waals surface area contributed by atoms with Crippen LogP contribution in [0.15, 0.2) is 66.4 Å². The van der Waals surface area contributed by atoms with Crippen LogP contribution in [0.5, 0.6) is 17.2 Å². The minimum atomic E-state index is -0.549. The predicted molar refractivity (Wildman–Crippen MR) is 113 cm³/mol. The molecule has 0 bridgehead atoms. The predicted octanol–water partition coefficient (Wildman–Crippen LogP) is 5.15. The fourth-order valence-electron chi connectivity index (χ4n) is 3.40. The van der Waals surface area contributed by atoms with Crippen LogP contribution < -0.4 is 14.2 Å². The van der Waals surface area contributed by atoms with Gasteiger partial charge in [0.15, 0.2) is 5.76 Å². The van der Waals surface area contributed by atoms with Crippen molar-refractivity contribution < 1.29 is 23.8 Å². The summed E-state index contributed by atoms with van der Waals surface area (Å²) in [6.45, 7) is 3.76. The van der Waals surface area contributed by atoms with Gasteiger partial charge in [-0.1, -0.05) is 36.4 Å². The Kier molecular flexibility index (Phi) is 5.11. The van der Waals surface area contributed by atoms with Gasteiger partial charge in [-0.05, 0) is 54.8 Å².